The molecular formula is C20H26N2O. The lowest BCUT2D eigenvalue weighted by Gasteiger charge is -2.56. The summed E-state index contributed by atoms with van der Waals surface area (Å²) in [5, 5.41) is 0. The van der Waals surface area contributed by atoms with E-state index in [2.05, 4.69) is 16.0 Å². The molecule has 4 aliphatic carbocycles. The van der Waals surface area contributed by atoms with Gasteiger partial charge in [0.15, 0.2) is 0 Å². The zero-order valence-corrected chi connectivity index (χ0v) is 13.8. The van der Waals surface area contributed by atoms with Crippen LogP contribution in [0.15, 0.2) is 24.4 Å². The lowest BCUT2D eigenvalue weighted by atomic mass is 9.49. The molecule has 4 saturated carbocycles. The summed E-state index contributed by atoms with van der Waals surface area (Å²) in [5.41, 5.74) is 1.08. The number of likely N-dealkylation sites (tertiary alicyclic amines) is 1. The van der Waals surface area contributed by atoms with Crippen LogP contribution in [-0.2, 0) is 4.79 Å². The van der Waals surface area contributed by atoms with E-state index in [0.29, 0.717) is 5.91 Å². The van der Waals surface area contributed by atoms with Gasteiger partial charge in [0.1, 0.15) is 0 Å². The molecule has 1 atom stereocenters. The number of nitrogens with zero attached hydrogens (tertiary/aromatic N) is 2. The third-order valence-corrected chi connectivity index (χ3v) is 7.03. The minimum Gasteiger partial charge on any atom is -0.334 e. The van der Waals surface area contributed by atoms with Crippen molar-refractivity contribution in [1.82, 2.24) is 9.88 Å². The van der Waals surface area contributed by atoms with Crippen molar-refractivity contribution in [3.63, 3.8) is 0 Å². The van der Waals surface area contributed by atoms with Crippen molar-refractivity contribution in [1.29, 1.82) is 0 Å². The molecule has 6 rings (SSSR count). The highest BCUT2D eigenvalue weighted by Crippen LogP contribution is 2.61. The number of hydrogen-bond donors (Lipinski definition) is 0. The molecule has 0 spiro atoms. The Kier molecular flexibility index (Phi) is 3.08. The molecule has 5 aliphatic rings. The first-order valence-electron chi connectivity index (χ1n) is 9.45. The van der Waals surface area contributed by atoms with E-state index in [1.807, 2.05) is 18.3 Å². The van der Waals surface area contributed by atoms with Crippen LogP contribution in [0.4, 0.5) is 0 Å². The SMILES string of the molecule is O=C(N1CCCC1c1ccccn1)C12CC3CC(CC(C3)C1)C2. The quantitative estimate of drug-likeness (QED) is 0.828. The molecular weight excluding hydrogens is 284 g/mol. The van der Waals surface area contributed by atoms with Gasteiger partial charge >= 0.3 is 0 Å². The number of aromatic nitrogens is 1. The van der Waals surface area contributed by atoms with Crippen molar-refractivity contribution in [3.8, 4) is 0 Å². The van der Waals surface area contributed by atoms with Crippen LogP contribution in [0.5, 0.6) is 0 Å². The van der Waals surface area contributed by atoms with Crippen LogP contribution in [0.25, 0.3) is 0 Å². The van der Waals surface area contributed by atoms with E-state index < -0.39 is 0 Å². The minimum atomic E-state index is -0.00782. The molecule has 1 aromatic heterocycles. The van der Waals surface area contributed by atoms with E-state index >= 15 is 0 Å². The Bertz CT molecular complexity index is 576. The van der Waals surface area contributed by atoms with Gasteiger partial charge in [-0.1, -0.05) is 6.07 Å². The van der Waals surface area contributed by atoms with Gasteiger partial charge in [-0.2, -0.15) is 0 Å². The fourth-order valence-corrected chi connectivity index (χ4v) is 6.57. The van der Waals surface area contributed by atoms with Gasteiger partial charge in [-0.25, -0.2) is 0 Å². The first-order chi connectivity index (χ1) is 11.2. The van der Waals surface area contributed by atoms with E-state index in [9.17, 15) is 4.79 Å². The summed E-state index contributed by atoms with van der Waals surface area (Å²) in [6.07, 6.45) is 11.8. The van der Waals surface area contributed by atoms with Gasteiger partial charge in [-0.15, -0.1) is 0 Å². The number of pyridine rings is 1. The predicted molar refractivity (Wildman–Crippen MR) is 88.5 cm³/mol. The molecule has 1 aromatic rings. The zero-order valence-electron chi connectivity index (χ0n) is 13.8. The topological polar surface area (TPSA) is 33.2 Å². The number of carbonyl (C=O) groups is 1. The van der Waals surface area contributed by atoms with Crippen molar-refractivity contribution < 1.29 is 4.79 Å². The maximum absolute atomic E-state index is 13.6. The summed E-state index contributed by atoms with van der Waals surface area (Å²) < 4.78 is 0. The number of amides is 1. The lowest BCUT2D eigenvalue weighted by molar-refractivity contribution is -0.158. The van der Waals surface area contributed by atoms with E-state index in [0.717, 1.165) is 42.8 Å². The molecule has 5 fully saturated rings. The van der Waals surface area contributed by atoms with E-state index in [4.69, 9.17) is 0 Å². The van der Waals surface area contributed by atoms with Crippen LogP contribution < -0.4 is 0 Å². The largest absolute Gasteiger partial charge is 0.334 e. The van der Waals surface area contributed by atoms with Gasteiger partial charge in [0.25, 0.3) is 0 Å². The number of rotatable bonds is 2. The molecule has 2 heterocycles. The van der Waals surface area contributed by atoms with E-state index in [1.165, 1.54) is 38.5 Å². The summed E-state index contributed by atoms with van der Waals surface area (Å²) in [6, 6.07) is 6.32. The molecule has 1 unspecified atom stereocenters. The Morgan fingerprint density at radius 3 is 2.39 bits per heavy atom. The van der Waals surface area contributed by atoms with Crippen molar-refractivity contribution >= 4 is 5.91 Å². The Morgan fingerprint density at radius 2 is 1.78 bits per heavy atom. The summed E-state index contributed by atoms with van der Waals surface area (Å²) in [7, 11) is 0. The third kappa shape index (κ3) is 2.15. The third-order valence-electron chi connectivity index (χ3n) is 7.03. The zero-order chi connectivity index (χ0) is 15.4. The minimum absolute atomic E-state index is 0.00782. The fourth-order valence-electron chi connectivity index (χ4n) is 6.57. The molecule has 3 nitrogen and oxygen atoms in total. The summed E-state index contributed by atoms with van der Waals surface area (Å²) in [6.45, 7) is 0.932. The Morgan fingerprint density at radius 1 is 1.09 bits per heavy atom. The number of carbonyl (C=O) groups excluding carboxylic acids is 1. The van der Waals surface area contributed by atoms with Crippen LogP contribution >= 0.6 is 0 Å². The summed E-state index contributed by atoms with van der Waals surface area (Å²) in [5.74, 6) is 2.98. The maximum atomic E-state index is 13.6. The van der Waals surface area contributed by atoms with Crippen molar-refractivity contribution in [2.75, 3.05) is 6.54 Å². The first kappa shape index (κ1) is 14.0. The molecule has 1 aliphatic heterocycles. The van der Waals surface area contributed by atoms with Gasteiger partial charge < -0.3 is 4.90 Å². The molecule has 0 radical (unpaired) electrons. The molecule has 1 saturated heterocycles. The highest BCUT2D eigenvalue weighted by Gasteiger charge is 2.56. The summed E-state index contributed by atoms with van der Waals surface area (Å²) >= 11 is 0. The first-order valence-corrected chi connectivity index (χ1v) is 9.45. The Hall–Kier alpha value is -1.38. The molecule has 0 aromatic carbocycles. The highest BCUT2D eigenvalue weighted by atomic mass is 16.2. The van der Waals surface area contributed by atoms with Gasteiger partial charge in [-0.05, 0) is 81.3 Å². The lowest BCUT2D eigenvalue weighted by Crippen LogP contribution is -2.54. The Labute approximate surface area is 138 Å². The molecule has 4 bridgehead atoms. The average molecular weight is 310 g/mol. The van der Waals surface area contributed by atoms with Crippen molar-refractivity contribution in [2.24, 2.45) is 23.2 Å². The molecule has 1 amide bonds. The molecule has 23 heavy (non-hydrogen) atoms. The monoisotopic (exact) mass is 310 g/mol. The van der Waals surface area contributed by atoms with E-state index in [1.54, 1.807) is 0 Å². The standard InChI is InChI=1S/C20H26N2O/c23-19(20-11-14-8-15(12-20)10-16(9-14)13-20)22-7-3-5-18(22)17-4-1-2-6-21-17/h1-2,4,6,14-16,18H,3,5,7-13H2. The smallest absolute Gasteiger partial charge is 0.229 e. The van der Waals surface area contributed by atoms with Crippen molar-refractivity contribution in [2.45, 2.75) is 57.4 Å². The molecule has 0 N–H and O–H groups in total. The van der Waals surface area contributed by atoms with Gasteiger partial charge in [0, 0.05) is 12.7 Å². The van der Waals surface area contributed by atoms with Crippen LogP contribution in [0, 0.1) is 23.2 Å². The predicted octanol–water partition coefficient (Wildman–Crippen LogP) is 3.96. The van der Waals surface area contributed by atoms with Crippen LogP contribution in [0.3, 0.4) is 0 Å². The van der Waals surface area contributed by atoms with Gasteiger partial charge in [-0.3, -0.25) is 9.78 Å². The normalized spacial score (nSPS) is 41.5. The second kappa shape index (κ2) is 5.06. The second-order valence-electron chi connectivity index (χ2n) is 8.61. The molecule has 122 valence electrons. The summed E-state index contributed by atoms with van der Waals surface area (Å²) in [4.78, 5) is 20.3. The maximum Gasteiger partial charge on any atom is 0.229 e. The Balaban J connectivity index is 1.44. The molecule has 3 heteroatoms. The average Bonchev–Trinajstić information content (AvgIpc) is 3.03. The van der Waals surface area contributed by atoms with E-state index in [-0.39, 0.29) is 11.5 Å². The van der Waals surface area contributed by atoms with Crippen LogP contribution in [-0.4, -0.2) is 22.3 Å². The van der Waals surface area contributed by atoms with Crippen LogP contribution in [0.2, 0.25) is 0 Å². The number of hydrogen-bond acceptors (Lipinski definition) is 2. The van der Waals surface area contributed by atoms with Gasteiger partial charge in [0.05, 0.1) is 17.2 Å². The van der Waals surface area contributed by atoms with Crippen molar-refractivity contribution in [3.05, 3.63) is 30.1 Å². The fraction of sp³-hybridized carbons (Fsp3) is 0.700. The van der Waals surface area contributed by atoms with Crippen LogP contribution in [0.1, 0.15) is 63.1 Å². The highest BCUT2D eigenvalue weighted by molar-refractivity contribution is 5.84. The van der Waals surface area contributed by atoms with Gasteiger partial charge in [0.2, 0.25) is 5.91 Å². The second-order valence-corrected chi connectivity index (χ2v) is 8.61.